The summed E-state index contributed by atoms with van der Waals surface area (Å²) in [4.78, 5) is 6.95. The molecule has 27 heavy (non-hydrogen) atoms. The number of aryl methyl sites for hydroxylation is 1. The van der Waals surface area contributed by atoms with Crippen molar-refractivity contribution < 1.29 is 9.47 Å². The van der Waals surface area contributed by atoms with Crippen molar-refractivity contribution in [2.45, 2.75) is 58.6 Å². The molecule has 0 saturated carbocycles. The highest BCUT2D eigenvalue weighted by atomic mass is 16.5. The summed E-state index contributed by atoms with van der Waals surface area (Å²) in [6, 6.07) is 0. The number of nitrogens with one attached hydrogen (secondary N) is 1. The van der Waals surface area contributed by atoms with Gasteiger partial charge in [-0.2, -0.15) is 5.10 Å². The van der Waals surface area contributed by atoms with Gasteiger partial charge in [-0.25, -0.2) is 0 Å². The zero-order chi connectivity index (χ0) is 19.6. The van der Waals surface area contributed by atoms with Gasteiger partial charge in [-0.05, 0) is 32.1 Å². The molecule has 1 N–H and O–H groups in total. The van der Waals surface area contributed by atoms with Gasteiger partial charge in [0.15, 0.2) is 5.96 Å². The second-order valence-corrected chi connectivity index (χ2v) is 7.50. The third-order valence-electron chi connectivity index (χ3n) is 4.67. The van der Waals surface area contributed by atoms with E-state index in [0.717, 1.165) is 70.4 Å². The smallest absolute Gasteiger partial charge is 0.193 e. The molecule has 2 heterocycles. The molecule has 154 valence electrons. The van der Waals surface area contributed by atoms with Crippen LogP contribution in [0.4, 0.5) is 0 Å². The van der Waals surface area contributed by atoms with E-state index in [9.17, 15) is 0 Å². The fourth-order valence-corrected chi connectivity index (χ4v) is 3.30. The molecule has 0 spiro atoms. The van der Waals surface area contributed by atoms with Crippen LogP contribution in [0.5, 0.6) is 0 Å². The Labute approximate surface area is 164 Å². The first-order chi connectivity index (χ1) is 13.0. The van der Waals surface area contributed by atoms with Crippen LogP contribution in [0.1, 0.15) is 57.2 Å². The van der Waals surface area contributed by atoms with Crippen molar-refractivity contribution in [3.63, 3.8) is 0 Å². The van der Waals surface area contributed by atoms with Gasteiger partial charge in [0.25, 0.3) is 0 Å². The Bertz CT molecular complexity index is 579. The first-order valence-corrected chi connectivity index (χ1v) is 10.2. The zero-order valence-corrected chi connectivity index (χ0v) is 17.7. The van der Waals surface area contributed by atoms with Crippen molar-refractivity contribution in [3.8, 4) is 0 Å². The predicted molar refractivity (Wildman–Crippen MR) is 109 cm³/mol. The van der Waals surface area contributed by atoms with Crippen LogP contribution in [0.15, 0.2) is 11.2 Å². The maximum Gasteiger partial charge on any atom is 0.193 e. The number of rotatable bonds is 9. The van der Waals surface area contributed by atoms with E-state index in [0.29, 0.717) is 12.0 Å². The van der Waals surface area contributed by atoms with Crippen LogP contribution in [-0.4, -0.2) is 66.7 Å². The van der Waals surface area contributed by atoms with E-state index in [1.807, 2.05) is 11.7 Å². The van der Waals surface area contributed by atoms with E-state index in [1.54, 1.807) is 0 Å². The van der Waals surface area contributed by atoms with Crippen LogP contribution >= 0.6 is 0 Å². The van der Waals surface area contributed by atoms with Gasteiger partial charge in [0.05, 0.1) is 11.8 Å². The summed E-state index contributed by atoms with van der Waals surface area (Å²) in [6.07, 6.45) is 5.43. The largest absolute Gasteiger partial charge is 0.381 e. The summed E-state index contributed by atoms with van der Waals surface area (Å²) in [5.41, 5.74) is 2.41. The fourth-order valence-electron chi connectivity index (χ4n) is 3.30. The second-order valence-electron chi connectivity index (χ2n) is 7.50. The summed E-state index contributed by atoms with van der Waals surface area (Å²) >= 11 is 0. The molecule has 0 radical (unpaired) electrons. The molecule has 1 aromatic rings. The average molecular weight is 380 g/mol. The van der Waals surface area contributed by atoms with Crippen molar-refractivity contribution in [2.75, 3.05) is 40.0 Å². The van der Waals surface area contributed by atoms with Gasteiger partial charge in [-0.15, -0.1) is 0 Å². The van der Waals surface area contributed by atoms with Gasteiger partial charge < -0.3 is 19.7 Å². The number of hydrogen-bond donors (Lipinski definition) is 1. The molecule has 1 aliphatic heterocycles. The molecule has 1 aromatic heterocycles. The normalized spacial score (nSPS) is 16.1. The summed E-state index contributed by atoms with van der Waals surface area (Å²) in [5, 5.41) is 7.99. The molecule has 1 saturated heterocycles. The molecule has 1 fully saturated rings. The summed E-state index contributed by atoms with van der Waals surface area (Å²) in [6.45, 7) is 11.3. The molecule has 7 nitrogen and oxygen atoms in total. The maximum absolute atomic E-state index is 5.93. The Morgan fingerprint density at radius 2 is 2.19 bits per heavy atom. The third-order valence-corrected chi connectivity index (χ3v) is 4.67. The van der Waals surface area contributed by atoms with Crippen LogP contribution < -0.4 is 5.32 Å². The number of ether oxygens (including phenoxy) is 2. The number of guanidine groups is 1. The third kappa shape index (κ3) is 7.14. The topological polar surface area (TPSA) is 63.9 Å². The fraction of sp³-hybridized carbons (Fsp3) is 0.800. The van der Waals surface area contributed by atoms with E-state index in [1.165, 1.54) is 5.56 Å². The van der Waals surface area contributed by atoms with Crippen molar-refractivity contribution in [2.24, 2.45) is 12.0 Å². The molecule has 0 aromatic carbocycles. The molecule has 0 atom stereocenters. The molecule has 7 heteroatoms. The standard InChI is InChI=1S/C20H37N5O2/c1-6-21-20(22-10-7-11-27-18-8-12-26-13-9-18)24(4)14-17-15-25(5)23-19(17)16(2)3/h15-16,18H,6-14H2,1-5H3,(H,21,22). The highest BCUT2D eigenvalue weighted by Gasteiger charge is 2.15. The summed E-state index contributed by atoms with van der Waals surface area (Å²) in [7, 11) is 4.06. The Morgan fingerprint density at radius 3 is 2.85 bits per heavy atom. The predicted octanol–water partition coefficient (Wildman–Crippen LogP) is 2.53. The lowest BCUT2D eigenvalue weighted by atomic mass is 10.1. The van der Waals surface area contributed by atoms with E-state index in [4.69, 9.17) is 14.5 Å². The molecular formula is C20H37N5O2. The highest BCUT2D eigenvalue weighted by molar-refractivity contribution is 5.79. The lowest BCUT2D eigenvalue weighted by Crippen LogP contribution is -2.38. The lowest BCUT2D eigenvalue weighted by Gasteiger charge is -2.23. The minimum atomic E-state index is 0.360. The van der Waals surface area contributed by atoms with E-state index in [2.05, 4.69) is 49.3 Å². The van der Waals surface area contributed by atoms with E-state index in [-0.39, 0.29) is 0 Å². The first kappa shape index (κ1) is 21.7. The van der Waals surface area contributed by atoms with Crippen molar-refractivity contribution in [1.29, 1.82) is 0 Å². The summed E-state index contributed by atoms with van der Waals surface area (Å²) < 4.78 is 13.2. The van der Waals surface area contributed by atoms with Crippen LogP contribution in [0, 0.1) is 0 Å². The lowest BCUT2D eigenvalue weighted by molar-refractivity contribution is -0.0318. The number of hydrogen-bond acceptors (Lipinski definition) is 4. The molecule has 1 aliphatic rings. The maximum atomic E-state index is 5.93. The number of aliphatic imine (C=N–C) groups is 1. The molecule has 0 unspecified atom stereocenters. The van der Waals surface area contributed by atoms with Gasteiger partial charge in [0, 0.05) is 65.3 Å². The van der Waals surface area contributed by atoms with Crippen molar-refractivity contribution >= 4 is 5.96 Å². The van der Waals surface area contributed by atoms with Crippen molar-refractivity contribution in [1.82, 2.24) is 20.0 Å². The highest BCUT2D eigenvalue weighted by Crippen LogP contribution is 2.18. The number of nitrogens with zero attached hydrogens (tertiary/aromatic N) is 4. The second kappa shape index (κ2) is 11.3. The van der Waals surface area contributed by atoms with E-state index >= 15 is 0 Å². The van der Waals surface area contributed by atoms with Gasteiger partial charge in [0.1, 0.15) is 0 Å². The van der Waals surface area contributed by atoms with E-state index < -0.39 is 0 Å². The molecule has 0 amide bonds. The molecular weight excluding hydrogens is 342 g/mol. The van der Waals surface area contributed by atoms with Crippen LogP contribution in [-0.2, 0) is 23.1 Å². The van der Waals surface area contributed by atoms with Gasteiger partial charge in [0.2, 0.25) is 0 Å². The van der Waals surface area contributed by atoms with Gasteiger partial charge in [-0.1, -0.05) is 13.8 Å². The zero-order valence-electron chi connectivity index (χ0n) is 17.7. The monoisotopic (exact) mass is 379 g/mol. The Morgan fingerprint density at radius 1 is 1.44 bits per heavy atom. The van der Waals surface area contributed by atoms with Crippen molar-refractivity contribution in [3.05, 3.63) is 17.5 Å². The molecule has 2 rings (SSSR count). The minimum Gasteiger partial charge on any atom is -0.381 e. The van der Waals surface area contributed by atoms with Crippen LogP contribution in [0.25, 0.3) is 0 Å². The Balaban J connectivity index is 1.84. The minimum absolute atomic E-state index is 0.360. The Kier molecular flexibility index (Phi) is 9.07. The van der Waals surface area contributed by atoms with Gasteiger partial charge >= 0.3 is 0 Å². The Hall–Kier alpha value is -1.60. The summed E-state index contributed by atoms with van der Waals surface area (Å²) in [5.74, 6) is 1.35. The first-order valence-electron chi connectivity index (χ1n) is 10.2. The van der Waals surface area contributed by atoms with Crippen LogP contribution in [0.2, 0.25) is 0 Å². The quantitative estimate of drug-likeness (QED) is 0.406. The average Bonchev–Trinajstić information content (AvgIpc) is 3.02. The van der Waals surface area contributed by atoms with Gasteiger partial charge in [-0.3, -0.25) is 9.67 Å². The number of aromatic nitrogens is 2. The van der Waals surface area contributed by atoms with Crippen LogP contribution in [0.3, 0.4) is 0 Å². The SMILES string of the molecule is CCNC(=NCCCOC1CCOCC1)N(C)Cc1cn(C)nc1C(C)C. The molecule has 0 bridgehead atoms. The molecule has 0 aliphatic carbocycles.